The summed E-state index contributed by atoms with van der Waals surface area (Å²) >= 11 is 0. The normalized spacial score (nSPS) is 11.4. The first-order valence-electron chi connectivity index (χ1n) is 7.75. The van der Waals surface area contributed by atoms with Crippen LogP contribution in [0.3, 0.4) is 0 Å². The molecule has 0 atom stereocenters. The Morgan fingerprint density at radius 2 is 1.88 bits per heavy atom. The third-order valence-corrected chi connectivity index (χ3v) is 4.37. The molecule has 1 N–H and O–H groups in total. The van der Waals surface area contributed by atoms with Gasteiger partial charge in [-0.3, -0.25) is 9.10 Å². The first kappa shape index (κ1) is 20.2. The van der Waals surface area contributed by atoms with Crippen LogP contribution in [0.1, 0.15) is 20.3 Å². The van der Waals surface area contributed by atoms with Crippen molar-refractivity contribution < 1.29 is 22.7 Å². The standard InChI is InChI=1S/C16H26N2O5S/c1-13(2)22-11-5-10-17-16(19)12-23-15-8-6-14(7-9-15)18(3)24(4,20)21/h6-9,13H,5,10-12H2,1-4H3,(H,17,19). The molecule has 7 nitrogen and oxygen atoms in total. The second kappa shape index (κ2) is 9.48. The summed E-state index contributed by atoms with van der Waals surface area (Å²) in [5.74, 6) is 0.288. The third kappa shape index (κ3) is 7.65. The average Bonchev–Trinajstić information content (AvgIpc) is 2.51. The Morgan fingerprint density at radius 1 is 1.25 bits per heavy atom. The number of rotatable bonds is 10. The minimum Gasteiger partial charge on any atom is -0.484 e. The molecule has 0 aliphatic carbocycles. The summed E-state index contributed by atoms with van der Waals surface area (Å²) in [7, 11) is -1.82. The monoisotopic (exact) mass is 358 g/mol. The third-order valence-electron chi connectivity index (χ3n) is 3.16. The fraction of sp³-hybridized carbons (Fsp3) is 0.562. The van der Waals surface area contributed by atoms with Gasteiger partial charge in [0.05, 0.1) is 18.0 Å². The van der Waals surface area contributed by atoms with Crippen molar-refractivity contribution >= 4 is 21.6 Å². The Morgan fingerprint density at radius 3 is 2.42 bits per heavy atom. The van der Waals surface area contributed by atoms with Crippen molar-refractivity contribution in [3.8, 4) is 5.75 Å². The molecule has 0 bridgehead atoms. The van der Waals surface area contributed by atoms with Crippen molar-refractivity contribution in [2.45, 2.75) is 26.4 Å². The van der Waals surface area contributed by atoms with Crippen LogP contribution in [-0.2, 0) is 19.6 Å². The van der Waals surface area contributed by atoms with Crippen molar-refractivity contribution in [2.75, 3.05) is 37.4 Å². The number of hydrogen-bond donors (Lipinski definition) is 1. The fourth-order valence-electron chi connectivity index (χ4n) is 1.76. The largest absolute Gasteiger partial charge is 0.484 e. The van der Waals surface area contributed by atoms with E-state index in [1.54, 1.807) is 24.3 Å². The van der Waals surface area contributed by atoms with Crippen molar-refractivity contribution in [3.63, 3.8) is 0 Å². The van der Waals surface area contributed by atoms with E-state index in [0.29, 0.717) is 24.6 Å². The summed E-state index contributed by atoms with van der Waals surface area (Å²) in [5, 5.41) is 2.74. The van der Waals surface area contributed by atoms with E-state index in [0.717, 1.165) is 12.7 Å². The van der Waals surface area contributed by atoms with Gasteiger partial charge in [0.25, 0.3) is 5.91 Å². The molecule has 0 aliphatic rings. The Hall–Kier alpha value is -1.80. The number of nitrogens with zero attached hydrogens (tertiary/aromatic N) is 1. The van der Waals surface area contributed by atoms with E-state index in [4.69, 9.17) is 9.47 Å². The molecule has 8 heteroatoms. The lowest BCUT2D eigenvalue weighted by Gasteiger charge is -2.16. The van der Waals surface area contributed by atoms with Gasteiger partial charge in [0, 0.05) is 20.2 Å². The molecule has 1 amide bonds. The minimum atomic E-state index is -3.30. The molecule has 0 heterocycles. The van der Waals surface area contributed by atoms with Gasteiger partial charge in [-0.15, -0.1) is 0 Å². The molecule has 1 rings (SSSR count). The predicted octanol–water partition coefficient (Wildman–Crippen LogP) is 1.39. The van der Waals surface area contributed by atoms with Gasteiger partial charge in [-0.2, -0.15) is 0 Å². The zero-order chi connectivity index (χ0) is 18.2. The van der Waals surface area contributed by atoms with Crippen molar-refractivity contribution in [1.29, 1.82) is 0 Å². The molecular weight excluding hydrogens is 332 g/mol. The summed E-state index contributed by atoms with van der Waals surface area (Å²) in [6.07, 6.45) is 2.07. The number of hydrogen-bond acceptors (Lipinski definition) is 5. The van der Waals surface area contributed by atoms with E-state index < -0.39 is 10.0 Å². The summed E-state index contributed by atoms with van der Waals surface area (Å²) < 4.78 is 34.8. The molecule has 1 aromatic carbocycles. The van der Waals surface area contributed by atoms with Crippen LogP contribution in [0.5, 0.6) is 5.75 Å². The number of nitrogens with one attached hydrogen (secondary N) is 1. The smallest absolute Gasteiger partial charge is 0.257 e. The minimum absolute atomic E-state index is 0.0910. The van der Waals surface area contributed by atoms with Crippen molar-refractivity contribution in [1.82, 2.24) is 5.32 Å². The fourth-order valence-corrected chi connectivity index (χ4v) is 2.27. The van der Waals surface area contributed by atoms with Crippen LogP contribution >= 0.6 is 0 Å². The van der Waals surface area contributed by atoms with Gasteiger partial charge in [0.15, 0.2) is 6.61 Å². The number of anilines is 1. The molecule has 0 fully saturated rings. The second-order valence-electron chi connectivity index (χ2n) is 5.64. The van der Waals surface area contributed by atoms with Crippen LogP contribution in [0, 0.1) is 0 Å². The topological polar surface area (TPSA) is 84.9 Å². The molecule has 136 valence electrons. The molecule has 0 aliphatic heterocycles. The van der Waals surface area contributed by atoms with Gasteiger partial charge in [0.2, 0.25) is 10.0 Å². The zero-order valence-corrected chi connectivity index (χ0v) is 15.4. The lowest BCUT2D eigenvalue weighted by Crippen LogP contribution is -2.30. The van der Waals surface area contributed by atoms with Crippen LogP contribution in [0.4, 0.5) is 5.69 Å². The van der Waals surface area contributed by atoms with E-state index in [-0.39, 0.29) is 18.6 Å². The Balaban J connectivity index is 2.33. The van der Waals surface area contributed by atoms with E-state index in [9.17, 15) is 13.2 Å². The van der Waals surface area contributed by atoms with E-state index in [1.165, 1.54) is 11.4 Å². The van der Waals surface area contributed by atoms with Crippen molar-refractivity contribution in [2.24, 2.45) is 0 Å². The lowest BCUT2D eigenvalue weighted by molar-refractivity contribution is -0.123. The Kier molecular flexibility index (Phi) is 8.00. The number of amides is 1. The van der Waals surface area contributed by atoms with Crippen LogP contribution in [0.2, 0.25) is 0 Å². The van der Waals surface area contributed by atoms with Gasteiger partial charge in [0.1, 0.15) is 5.75 Å². The van der Waals surface area contributed by atoms with Crippen LogP contribution in [0.15, 0.2) is 24.3 Å². The molecule has 1 aromatic rings. The molecule has 0 unspecified atom stereocenters. The first-order valence-corrected chi connectivity index (χ1v) is 9.60. The Bertz CT molecular complexity index is 614. The number of carbonyl (C=O) groups excluding carboxylic acids is 1. The quantitative estimate of drug-likeness (QED) is 0.639. The predicted molar refractivity (Wildman–Crippen MR) is 93.9 cm³/mol. The highest BCUT2D eigenvalue weighted by Crippen LogP contribution is 2.20. The van der Waals surface area contributed by atoms with Crippen LogP contribution in [-0.4, -0.2) is 53.5 Å². The zero-order valence-electron chi connectivity index (χ0n) is 14.6. The highest BCUT2D eigenvalue weighted by Gasteiger charge is 2.11. The van der Waals surface area contributed by atoms with Gasteiger partial charge in [-0.1, -0.05) is 0 Å². The van der Waals surface area contributed by atoms with Gasteiger partial charge in [-0.05, 0) is 44.5 Å². The SMILES string of the molecule is CC(C)OCCCNC(=O)COc1ccc(N(C)S(C)(=O)=O)cc1. The van der Waals surface area contributed by atoms with Gasteiger partial charge in [-0.25, -0.2) is 8.42 Å². The van der Waals surface area contributed by atoms with E-state index in [2.05, 4.69) is 5.32 Å². The maximum absolute atomic E-state index is 11.7. The first-order chi connectivity index (χ1) is 11.2. The summed E-state index contributed by atoms with van der Waals surface area (Å²) in [4.78, 5) is 11.7. The maximum Gasteiger partial charge on any atom is 0.257 e. The average molecular weight is 358 g/mol. The maximum atomic E-state index is 11.7. The van der Waals surface area contributed by atoms with Crippen LogP contribution < -0.4 is 14.4 Å². The molecule has 0 saturated heterocycles. The van der Waals surface area contributed by atoms with E-state index in [1.807, 2.05) is 13.8 Å². The van der Waals surface area contributed by atoms with Gasteiger partial charge >= 0.3 is 0 Å². The van der Waals surface area contributed by atoms with Gasteiger partial charge < -0.3 is 14.8 Å². The molecule has 24 heavy (non-hydrogen) atoms. The molecule has 0 radical (unpaired) electrons. The molecular formula is C16H26N2O5S. The lowest BCUT2D eigenvalue weighted by atomic mass is 10.3. The molecule has 0 saturated carbocycles. The van der Waals surface area contributed by atoms with Crippen LogP contribution in [0.25, 0.3) is 0 Å². The highest BCUT2D eigenvalue weighted by atomic mass is 32.2. The highest BCUT2D eigenvalue weighted by molar-refractivity contribution is 7.92. The van der Waals surface area contributed by atoms with Crippen molar-refractivity contribution in [3.05, 3.63) is 24.3 Å². The van der Waals surface area contributed by atoms with E-state index >= 15 is 0 Å². The number of benzene rings is 1. The second-order valence-corrected chi connectivity index (χ2v) is 7.65. The summed E-state index contributed by atoms with van der Waals surface area (Å²) in [6.45, 7) is 4.98. The Labute approximate surface area is 144 Å². The molecule has 0 aromatic heterocycles. The summed E-state index contributed by atoms with van der Waals surface area (Å²) in [6, 6.07) is 6.50. The number of ether oxygens (including phenoxy) is 2. The number of sulfonamides is 1. The molecule has 0 spiro atoms. The number of carbonyl (C=O) groups is 1. The summed E-state index contributed by atoms with van der Waals surface area (Å²) in [5.41, 5.74) is 0.527.